The number of hydrogen-bond donors (Lipinski definition) is 1. The second kappa shape index (κ2) is 7.38. The molecule has 1 atom stereocenters. The van der Waals surface area contributed by atoms with Gasteiger partial charge in [0.1, 0.15) is 0 Å². The van der Waals surface area contributed by atoms with Gasteiger partial charge in [-0.3, -0.25) is 0 Å². The molecular weight excluding hydrogens is 312 g/mol. The van der Waals surface area contributed by atoms with Crippen LogP contribution in [0.15, 0.2) is 29.7 Å². The minimum absolute atomic E-state index is 0.109. The Kier molecular flexibility index (Phi) is 5.78. The van der Waals surface area contributed by atoms with E-state index in [1.165, 1.54) is 9.71 Å². The van der Waals surface area contributed by atoms with Crippen molar-refractivity contribution in [2.24, 2.45) is 0 Å². The monoisotopic (exact) mass is 330 g/mol. The molecule has 1 fully saturated rings. The zero-order chi connectivity index (χ0) is 15.3. The smallest absolute Gasteiger partial charge is 0.236 e. The van der Waals surface area contributed by atoms with Gasteiger partial charge in [0, 0.05) is 37.1 Å². The lowest BCUT2D eigenvalue weighted by molar-refractivity contribution is 0.0207. The lowest BCUT2D eigenvalue weighted by atomic mass is 10.2. The minimum atomic E-state index is -3.46. The predicted octanol–water partition coefficient (Wildman–Crippen LogP) is 1.56. The summed E-state index contributed by atoms with van der Waals surface area (Å²) in [6, 6.07) is 6.98. The summed E-state index contributed by atoms with van der Waals surface area (Å²) in [5, 5.41) is 5.00. The van der Waals surface area contributed by atoms with Gasteiger partial charge in [0.25, 0.3) is 0 Å². The maximum absolute atomic E-state index is 12.2. The summed E-state index contributed by atoms with van der Waals surface area (Å²) in [5.41, 5.74) is 0.784. The molecule has 1 saturated heterocycles. The maximum Gasteiger partial charge on any atom is 0.236 e. The quantitative estimate of drug-likeness (QED) is 0.890. The summed E-state index contributed by atoms with van der Waals surface area (Å²) in [6.45, 7) is 2.42. The lowest BCUT2D eigenvalue weighted by Gasteiger charge is -2.26. The van der Waals surface area contributed by atoms with E-state index in [4.69, 9.17) is 16.3 Å². The highest BCUT2D eigenvalue weighted by Crippen LogP contribution is 2.12. The summed E-state index contributed by atoms with van der Waals surface area (Å²) < 4.78 is 31.2. The zero-order valence-electron chi connectivity index (χ0n) is 11.8. The molecule has 1 aromatic carbocycles. The van der Waals surface area contributed by atoms with Gasteiger partial charge in [-0.15, -0.1) is 0 Å². The number of ether oxygens (including phenoxy) is 1. The van der Waals surface area contributed by atoms with Crippen LogP contribution in [-0.2, 0) is 14.8 Å². The highest BCUT2D eigenvalue weighted by atomic mass is 35.5. The first kappa shape index (κ1) is 16.5. The highest BCUT2D eigenvalue weighted by molar-refractivity contribution is 7.92. The fraction of sp³-hybridized carbons (Fsp3) is 0.429. The lowest BCUT2D eigenvalue weighted by Crippen LogP contribution is -2.45. The summed E-state index contributed by atoms with van der Waals surface area (Å²) >= 11 is 5.79. The van der Waals surface area contributed by atoms with Crippen LogP contribution in [-0.4, -0.2) is 52.1 Å². The van der Waals surface area contributed by atoms with Gasteiger partial charge < -0.3 is 10.1 Å². The van der Waals surface area contributed by atoms with E-state index in [2.05, 4.69) is 5.32 Å². The third-order valence-corrected chi connectivity index (χ3v) is 4.95. The first-order valence-electron chi connectivity index (χ1n) is 6.70. The Labute approximate surface area is 130 Å². The number of sulfonamides is 1. The normalized spacial score (nSPS) is 20.2. The van der Waals surface area contributed by atoms with E-state index in [0.29, 0.717) is 24.7 Å². The van der Waals surface area contributed by atoms with E-state index in [-0.39, 0.29) is 6.10 Å². The number of likely N-dealkylation sites (N-methyl/N-ethyl adjacent to an activating group) is 1. The molecular formula is C14H19ClN2O3S. The van der Waals surface area contributed by atoms with Crippen LogP contribution < -0.4 is 5.32 Å². The van der Waals surface area contributed by atoms with Crippen LogP contribution in [0.25, 0.3) is 6.08 Å². The van der Waals surface area contributed by atoms with E-state index in [1.54, 1.807) is 37.4 Å². The SMILES string of the molecule is CN(CC1CNCCO1)S(=O)(=O)/C=C/c1ccc(Cl)cc1. The van der Waals surface area contributed by atoms with E-state index >= 15 is 0 Å². The molecule has 21 heavy (non-hydrogen) atoms. The predicted molar refractivity (Wildman–Crippen MR) is 84.6 cm³/mol. The largest absolute Gasteiger partial charge is 0.374 e. The first-order valence-corrected chi connectivity index (χ1v) is 8.58. The van der Waals surface area contributed by atoms with Gasteiger partial charge >= 0.3 is 0 Å². The molecule has 1 unspecified atom stereocenters. The minimum Gasteiger partial charge on any atom is -0.374 e. The number of hydrogen-bond acceptors (Lipinski definition) is 4. The molecule has 1 aliphatic heterocycles. The Morgan fingerprint density at radius 3 is 2.76 bits per heavy atom. The highest BCUT2D eigenvalue weighted by Gasteiger charge is 2.21. The Bertz CT molecular complexity index is 581. The average Bonchev–Trinajstić information content (AvgIpc) is 2.48. The van der Waals surface area contributed by atoms with Gasteiger partial charge in [0.2, 0.25) is 10.0 Å². The van der Waals surface area contributed by atoms with Crippen molar-refractivity contribution < 1.29 is 13.2 Å². The van der Waals surface area contributed by atoms with E-state index < -0.39 is 10.0 Å². The number of nitrogens with zero attached hydrogens (tertiary/aromatic N) is 1. The van der Waals surface area contributed by atoms with Crippen molar-refractivity contribution in [2.45, 2.75) is 6.10 Å². The first-order chi connectivity index (χ1) is 9.97. The van der Waals surface area contributed by atoms with Crippen molar-refractivity contribution in [3.05, 3.63) is 40.3 Å². The van der Waals surface area contributed by atoms with Crippen molar-refractivity contribution in [1.29, 1.82) is 0 Å². The van der Waals surface area contributed by atoms with Crippen LogP contribution in [0.2, 0.25) is 5.02 Å². The number of benzene rings is 1. The van der Waals surface area contributed by atoms with Gasteiger partial charge in [0.05, 0.1) is 12.7 Å². The molecule has 0 aromatic heterocycles. The average molecular weight is 331 g/mol. The van der Waals surface area contributed by atoms with Crippen molar-refractivity contribution in [2.75, 3.05) is 33.3 Å². The molecule has 7 heteroatoms. The van der Waals surface area contributed by atoms with Crippen LogP contribution >= 0.6 is 11.6 Å². The molecule has 1 aromatic rings. The van der Waals surface area contributed by atoms with Crippen LogP contribution in [0, 0.1) is 0 Å². The fourth-order valence-electron chi connectivity index (χ4n) is 1.97. The van der Waals surface area contributed by atoms with Crippen molar-refractivity contribution in [3.8, 4) is 0 Å². The van der Waals surface area contributed by atoms with Crippen LogP contribution in [0.5, 0.6) is 0 Å². The molecule has 0 bridgehead atoms. The standard InChI is InChI=1S/C14H19ClN2O3S/c1-17(11-14-10-16-7-8-20-14)21(18,19)9-6-12-2-4-13(15)5-3-12/h2-6,9,14,16H,7-8,10-11H2,1H3/b9-6+. The number of morpholine rings is 1. The van der Waals surface area contributed by atoms with Crippen LogP contribution in [0.3, 0.4) is 0 Å². The Morgan fingerprint density at radius 1 is 1.43 bits per heavy atom. The molecule has 2 rings (SSSR count). The molecule has 5 nitrogen and oxygen atoms in total. The van der Waals surface area contributed by atoms with Crippen LogP contribution in [0.1, 0.15) is 5.56 Å². The van der Waals surface area contributed by atoms with Gasteiger partial charge in [-0.25, -0.2) is 8.42 Å². The van der Waals surface area contributed by atoms with Crippen molar-refractivity contribution in [3.63, 3.8) is 0 Å². The molecule has 116 valence electrons. The Hall–Kier alpha value is -0.920. The van der Waals surface area contributed by atoms with Gasteiger partial charge in [-0.2, -0.15) is 4.31 Å². The van der Waals surface area contributed by atoms with Gasteiger partial charge in [-0.1, -0.05) is 23.7 Å². The van der Waals surface area contributed by atoms with E-state index in [1.807, 2.05) is 0 Å². The summed E-state index contributed by atoms with van der Waals surface area (Å²) in [4.78, 5) is 0. The molecule has 0 amide bonds. The number of halogens is 1. The number of nitrogens with one attached hydrogen (secondary N) is 1. The molecule has 1 heterocycles. The molecule has 0 saturated carbocycles. The molecule has 1 N–H and O–H groups in total. The molecule has 1 aliphatic rings. The topological polar surface area (TPSA) is 58.6 Å². The van der Waals surface area contributed by atoms with Gasteiger partial charge in [0.15, 0.2) is 0 Å². The Morgan fingerprint density at radius 2 is 2.14 bits per heavy atom. The van der Waals surface area contributed by atoms with E-state index in [9.17, 15) is 8.42 Å². The Balaban J connectivity index is 1.97. The third kappa shape index (κ3) is 5.09. The van der Waals surface area contributed by atoms with E-state index in [0.717, 1.165) is 12.1 Å². The van der Waals surface area contributed by atoms with Crippen molar-refractivity contribution >= 4 is 27.7 Å². The summed E-state index contributed by atoms with van der Waals surface area (Å²) in [7, 11) is -1.90. The second-order valence-electron chi connectivity index (χ2n) is 4.88. The molecule has 0 aliphatic carbocycles. The third-order valence-electron chi connectivity index (χ3n) is 3.20. The zero-order valence-corrected chi connectivity index (χ0v) is 13.4. The maximum atomic E-state index is 12.2. The number of rotatable bonds is 5. The van der Waals surface area contributed by atoms with Crippen molar-refractivity contribution in [1.82, 2.24) is 9.62 Å². The summed E-state index contributed by atoms with van der Waals surface area (Å²) in [5.74, 6) is 0. The van der Waals surface area contributed by atoms with Gasteiger partial charge in [-0.05, 0) is 23.8 Å². The summed E-state index contributed by atoms with van der Waals surface area (Å²) in [6.07, 6.45) is 1.45. The molecule has 0 spiro atoms. The fourth-order valence-corrected chi connectivity index (χ4v) is 3.01. The second-order valence-corrected chi connectivity index (χ2v) is 7.24. The van der Waals surface area contributed by atoms with Crippen LogP contribution in [0.4, 0.5) is 0 Å². The molecule has 0 radical (unpaired) electrons.